The molecule has 0 saturated heterocycles. The Kier molecular flexibility index (Phi) is 1.45. The van der Waals surface area contributed by atoms with Crippen molar-refractivity contribution < 1.29 is 0 Å². The first-order valence-corrected chi connectivity index (χ1v) is 4.86. The van der Waals surface area contributed by atoms with Gasteiger partial charge in [0.1, 0.15) is 0 Å². The molecule has 1 aliphatic carbocycles. The summed E-state index contributed by atoms with van der Waals surface area (Å²) in [5.74, 6) is 0. The monoisotopic (exact) mass is 182 g/mol. The van der Waals surface area contributed by atoms with Crippen molar-refractivity contribution in [3.05, 3.63) is 36.2 Å². The third-order valence-corrected chi connectivity index (χ3v) is 2.64. The van der Waals surface area contributed by atoms with Gasteiger partial charge in [0.25, 0.3) is 0 Å². The van der Waals surface area contributed by atoms with Crippen molar-refractivity contribution in [3.8, 4) is 22.5 Å². The molecule has 2 aromatic heterocycles. The molecule has 0 unspecified atom stereocenters. The van der Waals surface area contributed by atoms with Gasteiger partial charge in [-0.15, -0.1) is 0 Å². The Bertz CT molecular complexity index is 503. The molecule has 14 heavy (non-hydrogen) atoms. The number of fused-ring (bicyclic) bond motifs is 4. The first-order chi connectivity index (χ1) is 6.90. The van der Waals surface area contributed by atoms with E-state index in [4.69, 9.17) is 0 Å². The second kappa shape index (κ2) is 2.64. The largest absolute Gasteiger partial charge is 0.254 e. The maximum absolute atomic E-state index is 4.56. The fourth-order valence-electron chi connectivity index (χ4n) is 1.84. The number of aryl methyl sites for hydroxylation is 1. The zero-order valence-corrected chi connectivity index (χ0v) is 7.99. The van der Waals surface area contributed by atoms with Gasteiger partial charge in [-0.2, -0.15) is 0 Å². The summed E-state index contributed by atoms with van der Waals surface area (Å²) in [5.41, 5.74) is 5.74. The first kappa shape index (κ1) is 7.68. The normalized spacial score (nSPS) is 11.5. The van der Waals surface area contributed by atoms with Crippen molar-refractivity contribution in [3.63, 3.8) is 0 Å². The van der Waals surface area contributed by atoms with Gasteiger partial charge in [-0.25, -0.2) is 0 Å². The van der Waals surface area contributed by atoms with Crippen LogP contribution in [-0.2, 0) is 6.42 Å². The van der Waals surface area contributed by atoms with Gasteiger partial charge in [-0.3, -0.25) is 9.97 Å². The molecule has 0 bridgehead atoms. The van der Waals surface area contributed by atoms with Crippen LogP contribution < -0.4 is 0 Å². The Morgan fingerprint density at radius 3 is 2.79 bits per heavy atom. The third kappa shape index (κ3) is 0.854. The van der Waals surface area contributed by atoms with Gasteiger partial charge >= 0.3 is 0 Å². The van der Waals surface area contributed by atoms with Crippen LogP contribution in [0.4, 0.5) is 0 Å². The summed E-state index contributed by atoms with van der Waals surface area (Å²) in [5, 5.41) is 0. The van der Waals surface area contributed by atoms with Crippen LogP contribution in [0.15, 0.2) is 30.5 Å². The predicted molar refractivity (Wildman–Crippen MR) is 55.8 cm³/mol. The molecule has 2 nitrogen and oxygen atoms in total. The van der Waals surface area contributed by atoms with Crippen LogP contribution >= 0.6 is 0 Å². The average Bonchev–Trinajstić information content (AvgIpc) is 2.25. The lowest BCUT2D eigenvalue weighted by molar-refractivity contribution is 1.03. The number of aromatic nitrogens is 2. The first-order valence-electron chi connectivity index (χ1n) is 4.86. The second-order valence-electron chi connectivity index (χ2n) is 3.45. The summed E-state index contributed by atoms with van der Waals surface area (Å²) in [6.07, 6.45) is 2.80. The Morgan fingerprint density at radius 2 is 1.93 bits per heavy atom. The molecular weight excluding hydrogens is 172 g/mol. The summed E-state index contributed by atoms with van der Waals surface area (Å²) in [4.78, 5) is 8.88. The minimum atomic E-state index is 0.982. The van der Waals surface area contributed by atoms with Crippen molar-refractivity contribution in [2.45, 2.75) is 13.3 Å². The van der Waals surface area contributed by atoms with Crippen LogP contribution in [0.25, 0.3) is 22.5 Å². The van der Waals surface area contributed by atoms with Crippen LogP contribution in [0.5, 0.6) is 0 Å². The number of hydrogen-bond acceptors (Lipinski definition) is 2. The van der Waals surface area contributed by atoms with Crippen molar-refractivity contribution >= 4 is 0 Å². The highest BCUT2D eigenvalue weighted by Gasteiger charge is 2.24. The van der Waals surface area contributed by atoms with Crippen molar-refractivity contribution in [1.82, 2.24) is 9.97 Å². The third-order valence-electron chi connectivity index (χ3n) is 2.64. The Balaban J connectivity index is 2.19. The molecule has 68 valence electrons. The van der Waals surface area contributed by atoms with E-state index in [2.05, 4.69) is 35.1 Å². The van der Waals surface area contributed by atoms with Gasteiger partial charge < -0.3 is 0 Å². The zero-order chi connectivity index (χ0) is 9.54. The van der Waals surface area contributed by atoms with Crippen LogP contribution in [0.2, 0.25) is 0 Å². The smallest absolute Gasteiger partial charge is 0.0974 e. The lowest BCUT2D eigenvalue weighted by atomic mass is 9.89. The molecule has 0 amide bonds. The highest BCUT2D eigenvalue weighted by molar-refractivity contribution is 5.97. The van der Waals surface area contributed by atoms with Crippen LogP contribution in [0.1, 0.15) is 12.6 Å². The number of hydrogen-bond donors (Lipinski definition) is 0. The minimum Gasteiger partial charge on any atom is -0.254 e. The molecule has 0 atom stereocenters. The van der Waals surface area contributed by atoms with E-state index < -0.39 is 0 Å². The topological polar surface area (TPSA) is 25.8 Å². The molecule has 0 aliphatic heterocycles. The SMILES string of the molecule is CCc1ccc2c(n1)-c1ncccc1-2. The fourth-order valence-corrected chi connectivity index (χ4v) is 1.84. The molecular formula is C12H10N2. The highest BCUT2D eigenvalue weighted by atomic mass is 14.8. The maximum atomic E-state index is 4.56. The molecule has 0 radical (unpaired) electrons. The van der Waals surface area contributed by atoms with E-state index in [9.17, 15) is 0 Å². The second-order valence-corrected chi connectivity index (χ2v) is 3.45. The molecule has 0 spiro atoms. The molecule has 2 heterocycles. The summed E-state index contributed by atoms with van der Waals surface area (Å²) < 4.78 is 0. The van der Waals surface area contributed by atoms with Crippen LogP contribution in [0.3, 0.4) is 0 Å². The van der Waals surface area contributed by atoms with E-state index >= 15 is 0 Å². The standard InChI is InChI=1S/C12H10N2/c1-2-8-5-6-10-9-4-3-7-13-11(9)12(10)14-8/h3-7H,2H2,1H3. The highest BCUT2D eigenvalue weighted by Crippen LogP contribution is 2.43. The Morgan fingerprint density at radius 1 is 1.07 bits per heavy atom. The van der Waals surface area contributed by atoms with Gasteiger partial charge in [0.15, 0.2) is 0 Å². The van der Waals surface area contributed by atoms with E-state index in [1.165, 1.54) is 11.1 Å². The Hall–Kier alpha value is -1.70. The van der Waals surface area contributed by atoms with Crippen molar-refractivity contribution in [2.75, 3.05) is 0 Å². The molecule has 0 aromatic carbocycles. The average molecular weight is 182 g/mol. The molecule has 0 fully saturated rings. The van der Waals surface area contributed by atoms with Crippen LogP contribution in [-0.4, -0.2) is 9.97 Å². The van der Waals surface area contributed by atoms with E-state index in [-0.39, 0.29) is 0 Å². The lowest BCUT2D eigenvalue weighted by Crippen LogP contribution is -2.05. The summed E-state index contributed by atoms with van der Waals surface area (Å²) in [7, 11) is 0. The minimum absolute atomic E-state index is 0.982. The zero-order valence-electron chi connectivity index (χ0n) is 7.99. The van der Waals surface area contributed by atoms with Gasteiger partial charge in [0.05, 0.1) is 11.4 Å². The molecule has 3 rings (SSSR count). The van der Waals surface area contributed by atoms with E-state index in [0.29, 0.717) is 0 Å². The van der Waals surface area contributed by atoms with E-state index in [1.54, 1.807) is 0 Å². The predicted octanol–water partition coefficient (Wildman–Crippen LogP) is 2.69. The summed E-state index contributed by atoms with van der Waals surface area (Å²) in [6.45, 7) is 2.12. The van der Waals surface area contributed by atoms with Crippen LogP contribution in [0, 0.1) is 0 Å². The molecule has 0 saturated carbocycles. The molecule has 2 aromatic rings. The van der Waals surface area contributed by atoms with E-state index in [1.807, 2.05) is 12.3 Å². The van der Waals surface area contributed by atoms with Gasteiger partial charge in [-0.1, -0.05) is 19.1 Å². The molecule has 1 aliphatic rings. The molecule has 2 heteroatoms. The van der Waals surface area contributed by atoms with Gasteiger partial charge in [-0.05, 0) is 18.6 Å². The number of pyridine rings is 2. The number of nitrogens with zero attached hydrogens (tertiary/aromatic N) is 2. The fraction of sp³-hybridized carbons (Fsp3) is 0.167. The Labute approximate surface area is 82.7 Å². The lowest BCUT2D eigenvalue weighted by Gasteiger charge is -2.21. The van der Waals surface area contributed by atoms with Crippen molar-refractivity contribution in [1.29, 1.82) is 0 Å². The van der Waals surface area contributed by atoms with E-state index in [0.717, 1.165) is 23.5 Å². The molecule has 0 N–H and O–H groups in total. The quantitative estimate of drug-likeness (QED) is 0.578. The summed E-state index contributed by atoms with van der Waals surface area (Å²) in [6, 6.07) is 8.30. The van der Waals surface area contributed by atoms with Gasteiger partial charge in [0.2, 0.25) is 0 Å². The van der Waals surface area contributed by atoms with Crippen molar-refractivity contribution in [2.24, 2.45) is 0 Å². The summed E-state index contributed by atoms with van der Waals surface area (Å²) >= 11 is 0. The maximum Gasteiger partial charge on any atom is 0.0974 e. The van der Waals surface area contributed by atoms with Gasteiger partial charge in [0, 0.05) is 23.0 Å². The number of rotatable bonds is 1.